The molecule has 6 aliphatic rings. The fourth-order valence-electron chi connectivity index (χ4n) is 9.95. The second-order valence-corrected chi connectivity index (χ2v) is 13.8. The van der Waals surface area contributed by atoms with E-state index in [1.165, 1.54) is 18.4 Å². The summed E-state index contributed by atoms with van der Waals surface area (Å²) in [4.78, 5) is 0. The van der Waals surface area contributed by atoms with Crippen molar-refractivity contribution in [1.29, 1.82) is 0 Å². The van der Waals surface area contributed by atoms with Crippen molar-refractivity contribution < 1.29 is 19.7 Å². The van der Waals surface area contributed by atoms with E-state index in [9.17, 15) is 10.2 Å². The fraction of sp³-hybridized carbons (Fsp3) is 0.929. The molecule has 0 unspecified atom stereocenters. The molecule has 0 amide bonds. The van der Waals surface area contributed by atoms with Crippen LogP contribution in [0.2, 0.25) is 0 Å². The molecule has 2 heterocycles. The Kier molecular flexibility index (Phi) is 4.42. The van der Waals surface area contributed by atoms with Crippen molar-refractivity contribution in [1.82, 2.24) is 0 Å². The Balaban J connectivity index is 1.33. The molecule has 4 aliphatic carbocycles. The highest BCUT2D eigenvalue weighted by atomic mass is 16.7. The molecule has 4 heteroatoms. The first-order valence-electron chi connectivity index (χ1n) is 13.3. The first-order valence-corrected chi connectivity index (χ1v) is 13.3. The van der Waals surface area contributed by atoms with E-state index in [2.05, 4.69) is 40.7 Å². The Morgan fingerprint density at radius 3 is 2.47 bits per heavy atom. The highest BCUT2D eigenvalue weighted by molar-refractivity contribution is 5.27. The van der Waals surface area contributed by atoms with Gasteiger partial charge in [0.05, 0.1) is 17.8 Å². The van der Waals surface area contributed by atoms with Crippen LogP contribution in [0.4, 0.5) is 0 Å². The summed E-state index contributed by atoms with van der Waals surface area (Å²) < 4.78 is 13.4. The predicted octanol–water partition coefficient (Wildman–Crippen LogP) is 5.22. The topological polar surface area (TPSA) is 58.9 Å². The smallest absolute Gasteiger partial charge is 0.198 e. The number of hydrogen-bond acceptors (Lipinski definition) is 4. The average molecular weight is 445 g/mol. The number of fused-ring (bicyclic) bond motifs is 7. The zero-order valence-corrected chi connectivity index (χ0v) is 21.0. The van der Waals surface area contributed by atoms with Gasteiger partial charge in [-0.05, 0) is 100 Å². The number of aliphatic hydroxyl groups is 2. The van der Waals surface area contributed by atoms with Gasteiger partial charge in [0.2, 0.25) is 0 Å². The summed E-state index contributed by atoms with van der Waals surface area (Å²) in [5, 5.41) is 22.4. The molecule has 1 spiro atoms. The van der Waals surface area contributed by atoms with Crippen molar-refractivity contribution in [2.75, 3.05) is 0 Å². The van der Waals surface area contributed by atoms with Crippen molar-refractivity contribution >= 4 is 0 Å². The van der Waals surface area contributed by atoms with E-state index >= 15 is 0 Å². The second-order valence-electron chi connectivity index (χ2n) is 13.8. The van der Waals surface area contributed by atoms with Gasteiger partial charge in [-0.15, -0.1) is 0 Å². The molecular weight excluding hydrogens is 400 g/mol. The van der Waals surface area contributed by atoms with Crippen molar-refractivity contribution in [3.8, 4) is 0 Å². The Bertz CT molecular complexity index is 846. The van der Waals surface area contributed by atoms with Gasteiger partial charge in [-0.3, -0.25) is 0 Å². The molecular formula is C28H44O4. The van der Waals surface area contributed by atoms with Gasteiger partial charge in [-0.25, -0.2) is 0 Å². The van der Waals surface area contributed by atoms with Gasteiger partial charge in [-0.1, -0.05) is 32.4 Å². The van der Waals surface area contributed by atoms with Crippen LogP contribution in [0.25, 0.3) is 0 Å². The number of aliphatic hydroxyl groups excluding tert-OH is 1. The zero-order valence-electron chi connectivity index (χ0n) is 21.0. The summed E-state index contributed by atoms with van der Waals surface area (Å²) in [5.74, 6) is 1.59. The third kappa shape index (κ3) is 2.54. The van der Waals surface area contributed by atoms with E-state index in [1.54, 1.807) is 0 Å². The summed E-state index contributed by atoms with van der Waals surface area (Å²) in [5.41, 5.74) is 0.626. The predicted molar refractivity (Wildman–Crippen MR) is 124 cm³/mol. The minimum absolute atomic E-state index is 0.0891. The van der Waals surface area contributed by atoms with Gasteiger partial charge in [0, 0.05) is 12.3 Å². The molecule has 0 aromatic carbocycles. The van der Waals surface area contributed by atoms with Crippen LogP contribution in [0.15, 0.2) is 11.6 Å². The lowest BCUT2D eigenvalue weighted by molar-refractivity contribution is -0.298. The maximum absolute atomic E-state index is 12.1. The molecule has 2 N–H and O–H groups in total. The zero-order chi connectivity index (χ0) is 22.9. The highest BCUT2D eigenvalue weighted by Crippen LogP contribution is 2.72. The Hall–Kier alpha value is -0.420. The van der Waals surface area contributed by atoms with Gasteiger partial charge in [0.15, 0.2) is 5.79 Å². The first-order chi connectivity index (χ1) is 14.8. The lowest BCUT2D eigenvalue weighted by Gasteiger charge is -2.59. The van der Waals surface area contributed by atoms with Crippen molar-refractivity contribution in [3.05, 3.63) is 11.6 Å². The summed E-state index contributed by atoms with van der Waals surface area (Å²) in [6.07, 6.45) is 10.7. The molecule has 32 heavy (non-hydrogen) atoms. The van der Waals surface area contributed by atoms with Gasteiger partial charge >= 0.3 is 0 Å². The number of ether oxygens (including phenoxy) is 2. The Labute approximate surface area is 194 Å². The van der Waals surface area contributed by atoms with E-state index in [0.717, 1.165) is 38.5 Å². The van der Waals surface area contributed by atoms with Crippen molar-refractivity contribution in [2.45, 2.75) is 122 Å². The second kappa shape index (κ2) is 6.42. The third-order valence-corrected chi connectivity index (χ3v) is 12.0. The number of hydrogen-bond donors (Lipinski definition) is 2. The Morgan fingerprint density at radius 1 is 1.03 bits per heavy atom. The largest absolute Gasteiger partial charge is 0.393 e. The van der Waals surface area contributed by atoms with Gasteiger partial charge in [0.1, 0.15) is 5.60 Å². The van der Waals surface area contributed by atoms with Crippen LogP contribution in [0.3, 0.4) is 0 Å². The van der Waals surface area contributed by atoms with Crippen LogP contribution in [0.5, 0.6) is 0 Å². The van der Waals surface area contributed by atoms with Crippen LogP contribution in [0, 0.1) is 40.4 Å². The number of allylic oxidation sites excluding steroid dienone is 1. The molecule has 0 radical (unpaired) electrons. The molecule has 180 valence electrons. The molecule has 0 bridgehead atoms. The Morgan fingerprint density at radius 2 is 1.78 bits per heavy atom. The summed E-state index contributed by atoms with van der Waals surface area (Å²) in [6.45, 7) is 13.5. The van der Waals surface area contributed by atoms with Gasteiger partial charge in [-0.2, -0.15) is 0 Å². The summed E-state index contributed by atoms with van der Waals surface area (Å²) in [7, 11) is 0. The molecule has 2 aliphatic heterocycles. The molecule has 5 fully saturated rings. The van der Waals surface area contributed by atoms with E-state index in [1.807, 2.05) is 6.92 Å². The third-order valence-electron chi connectivity index (χ3n) is 12.0. The van der Waals surface area contributed by atoms with E-state index in [-0.39, 0.29) is 34.6 Å². The monoisotopic (exact) mass is 444 g/mol. The molecule has 0 aromatic rings. The minimum atomic E-state index is -0.968. The molecule has 0 aromatic heterocycles. The van der Waals surface area contributed by atoms with Gasteiger partial charge in [0.25, 0.3) is 0 Å². The summed E-state index contributed by atoms with van der Waals surface area (Å²) >= 11 is 0. The highest BCUT2D eigenvalue weighted by Gasteiger charge is 2.76. The van der Waals surface area contributed by atoms with Crippen molar-refractivity contribution in [2.24, 2.45) is 40.4 Å². The van der Waals surface area contributed by atoms with Crippen LogP contribution in [-0.2, 0) is 9.47 Å². The van der Waals surface area contributed by atoms with E-state index in [4.69, 9.17) is 9.47 Å². The molecule has 11 atom stereocenters. The van der Waals surface area contributed by atoms with Crippen LogP contribution in [-0.4, -0.2) is 39.4 Å². The van der Waals surface area contributed by atoms with E-state index < -0.39 is 11.4 Å². The normalized spacial score (nSPS) is 60.5. The maximum atomic E-state index is 12.1. The minimum Gasteiger partial charge on any atom is -0.393 e. The fourth-order valence-corrected chi connectivity index (χ4v) is 9.95. The number of rotatable bonds is 0. The average Bonchev–Trinajstić information content (AvgIpc) is 3.20. The van der Waals surface area contributed by atoms with E-state index in [0.29, 0.717) is 23.7 Å². The standard InChI is InChI=1S/C28H44O4/c1-16-15-28(32-24(16,2)3)27(6,30)23-22(31-28)14-21-19-8-7-17-13-18(29)9-11-25(17,4)20(19)10-12-26(21,23)5/h7,16,18-23,29-30H,8-15H2,1-6H3/t16-,18-,19+,20-,21-,22-,23-,25-,26-,27+,28+/m0/s1. The SMILES string of the molecule is C[C@H]1C[C@@]2(O[C@H]3C[C@H]4[C@@H]5CC=C6C[C@@H](O)CC[C@]6(C)[C@H]5CC[C@]4(C)[C@H]3[C@@]2(C)O)OC1(C)C. The maximum Gasteiger partial charge on any atom is 0.198 e. The summed E-state index contributed by atoms with van der Waals surface area (Å²) in [6, 6.07) is 0. The quantitative estimate of drug-likeness (QED) is 0.503. The molecule has 2 saturated heterocycles. The molecule has 6 rings (SSSR count). The lowest BCUT2D eigenvalue weighted by Crippen LogP contribution is -2.58. The van der Waals surface area contributed by atoms with Crippen LogP contribution < -0.4 is 0 Å². The molecule has 3 saturated carbocycles. The first kappa shape index (κ1) is 22.1. The van der Waals surface area contributed by atoms with Gasteiger partial charge < -0.3 is 19.7 Å². The van der Waals surface area contributed by atoms with Crippen molar-refractivity contribution in [3.63, 3.8) is 0 Å². The van der Waals surface area contributed by atoms with Crippen LogP contribution >= 0.6 is 0 Å². The molecule has 4 nitrogen and oxygen atoms in total. The lowest BCUT2D eigenvalue weighted by atomic mass is 9.46. The van der Waals surface area contributed by atoms with Crippen LogP contribution in [0.1, 0.15) is 92.9 Å².